The lowest BCUT2D eigenvalue weighted by Crippen LogP contribution is -2.52. The highest BCUT2D eigenvalue weighted by atomic mass is 16.3. The first kappa shape index (κ1) is 17.7. The lowest BCUT2D eigenvalue weighted by Gasteiger charge is -2.37. The van der Waals surface area contributed by atoms with Crippen molar-refractivity contribution in [1.29, 1.82) is 0 Å². The van der Waals surface area contributed by atoms with Gasteiger partial charge in [0.2, 0.25) is 0 Å². The van der Waals surface area contributed by atoms with E-state index in [1.54, 1.807) is 6.26 Å². The van der Waals surface area contributed by atoms with Gasteiger partial charge in [0.05, 0.1) is 25.6 Å². The van der Waals surface area contributed by atoms with Gasteiger partial charge >= 0.3 is 0 Å². The average Bonchev–Trinajstić information content (AvgIpc) is 2.97. The molecular formula is C21H29N2O2+. The van der Waals surface area contributed by atoms with Gasteiger partial charge in [0, 0.05) is 11.3 Å². The molecule has 1 aromatic carbocycles. The summed E-state index contributed by atoms with van der Waals surface area (Å²) in [6.07, 6.45) is 8.45. The van der Waals surface area contributed by atoms with Crippen molar-refractivity contribution < 1.29 is 13.7 Å². The zero-order valence-electron chi connectivity index (χ0n) is 15.4. The van der Waals surface area contributed by atoms with Crippen LogP contribution in [0.5, 0.6) is 0 Å². The number of aryl methyl sites for hydroxylation is 2. The number of amides is 1. The first-order chi connectivity index (χ1) is 12.1. The average molecular weight is 341 g/mol. The van der Waals surface area contributed by atoms with Crippen molar-refractivity contribution in [2.75, 3.05) is 25.0 Å². The second-order valence-electron chi connectivity index (χ2n) is 7.47. The van der Waals surface area contributed by atoms with Crippen LogP contribution in [0.3, 0.4) is 0 Å². The van der Waals surface area contributed by atoms with Crippen LogP contribution >= 0.6 is 0 Å². The summed E-state index contributed by atoms with van der Waals surface area (Å²) in [6, 6.07) is 8.14. The molecule has 1 amide bonds. The maximum Gasteiger partial charge on any atom is 0.279 e. The lowest BCUT2D eigenvalue weighted by molar-refractivity contribution is -0.932. The molecule has 2 aromatic rings. The zero-order valence-corrected chi connectivity index (χ0v) is 15.4. The standard InChI is InChI=1S/C21H28N2O2/c1-17-8-7-9-18(2)21(17)22-20(24)15-23(11-5-3-4-6-12-23)14-19-10-13-25-16-19/h7-10,13,16H,3-6,11-12,14-15H2,1-2H3/p+1. The zero-order chi connectivity index (χ0) is 17.7. The number of rotatable bonds is 5. The van der Waals surface area contributed by atoms with E-state index in [-0.39, 0.29) is 5.91 Å². The summed E-state index contributed by atoms with van der Waals surface area (Å²) in [4.78, 5) is 12.9. The van der Waals surface area contributed by atoms with E-state index >= 15 is 0 Å². The molecule has 1 fully saturated rings. The lowest BCUT2D eigenvalue weighted by atomic mass is 10.1. The van der Waals surface area contributed by atoms with Crippen molar-refractivity contribution in [3.8, 4) is 0 Å². The van der Waals surface area contributed by atoms with E-state index in [1.807, 2.05) is 44.4 Å². The minimum atomic E-state index is 0.114. The van der Waals surface area contributed by atoms with Crippen molar-refractivity contribution in [3.05, 3.63) is 53.5 Å². The SMILES string of the molecule is Cc1cccc(C)c1NC(=O)C[N+]1(Cc2ccoc2)CCCCCC1. The number of furan rings is 1. The molecule has 0 atom stereocenters. The van der Waals surface area contributed by atoms with Gasteiger partial charge in [0.15, 0.2) is 6.54 Å². The Morgan fingerprint density at radius 1 is 1.08 bits per heavy atom. The normalized spacial score (nSPS) is 17.0. The van der Waals surface area contributed by atoms with E-state index < -0.39 is 0 Å². The molecule has 134 valence electrons. The number of carbonyl (C=O) groups excluding carboxylic acids is 1. The minimum Gasteiger partial charge on any atom is -0.472 e. The topological polar surface area (TPSA) is 42.2 Å². The number of anilines is 1. The molecule has 1 aliphatic rings. The predicted octanol–water partition coefficient (Wildman–Crippen LogP) is 4.43. The third kappa shape index (κ3) is 4.51. The maximum atomic E-state index is 12.9. The number of hydrogen-bond acceptors (Lipinski definition) is 2. The van der Waals surface area contributed by atoms with E-state index in [0.29, 0.717) is 6.54 Å². The molecule has 0 radical (unpaired) electrons. The maximum absolute atomic E-state index is 12.9. The summed E-state index contributed by atoms with van der Waals surface area (Å²) in [5.41, 5.74) is 4.38. The van der Waals surface area contributed by atoms with Crippen LogP contribution in [-0.4, -0.2) is 30.0 Å². The Morgan fingerprint density at radius 3 is 2.36 bits per heavy atom. The Morgan fingerprint density at radius 2 is 1.76 bits per heavy atom. The van der Waals surface area contributed by atoms with Crippen LogP contribution in [0, 0.1) is 13.8 Å². The number of nitrogens with one attached hydrogen (secondary N) is 1. The van der Waals surface area contributed by atoms with Gasteiger partial charge in [0.25, 0.3) is 5.91 Å². The molecule has 3 rings (SSSR count). The highest BCUT2D eigenvalue weighted by Gasteiger charge is 2.32. The van der Waals surface area contributed by atoms with Crippen molar-refractivity contribution >= 4 is 11.6 Å². The van der Waals surface area contributed by atoms with Gasteiger partial charge in [-0.05, 0) is 56.7 Å². The summed E-state index contributed by atoms with van der Waals surface area (Å²) < 4.78 is 6.08. The highest BCUT2D eigenvalue weighted by Crippen LogP contribution is 2.24. The fourth-order valence-electron chi connectivity index (χ4n) is 4.00. The Hall–Kier alpha value is -2.07. The summed E-state index contributed by atoms with van der Waals surface area (Å²) in [7, 11) is 0. The van der Waals surface area contributed by atoms with Gasteiger partial charge in [-0.1, -0.05) is 18.2 Å². The molecule has 4 heteroatoms. The monoisotopic (exact) mass is 341 g/mol. The molecule has 1 aliphatic heterocycles. The third-order valence-corrected chi connectivity index (χ3v) is 5.34. The van der Waals surface area contributed by atoms with Gasteiger partial charge in [0.1, 0.15) is 6.54 Å². The molecule has 0 spiro atoms. The molecule has 4 nitrogen and oxygen atoms in total. The number of benzene rings is 1. The van der Waals surface area contributed by atoms with E-state index in [4.69, 9.17) is 4.42 Å². The van der Waals surface area contributed by atoms with Gasteiger partial charge < -0.3 is 14.2 Å². The van der Waals surface area contributed by atoms with Crippen molar-refractivity contribution in [2.24, 2.45) is 0 Å². The first-order valence-electron chi connectivity index (χ1n) is 9.30. The Balaban J connectivity index is 1.76. The largest absolute Gasteiger partial charge is 0.472 e. The Labute approximate surface area is 150 Å². The molecule has 0 saturated carbocycles. The van der Waals surface area contributed by atoms with Crippen LogP contribution in [-0.2, 0) is 11.3 Å². The number of hydrogen-bond donors (Lipinski definition) is 1. The summed E-state index contributed by atoms with van der Waals surface area (Å²) in [6.45, 7) is 7.61. The minimum absolute atomic E-state index is 0.114. The molecule has 0 bridgehead atoms. The fourth-order valence-corrected chi connectivity index (χ4v) is 4.00. The van der Waals surface area contributed by atoms with E-state index in [2.05, 4.69) is 5.32 Å². The third-order valence-electron chi connectivity index (χ3n) is 5.34. The van der Waals surface area contributed by atoms with Crippen LogP contribution in [0.1, 0.15) is 42.4 Å². The van der Waals surface area contributed by atoms with Gasteiger partial charge in [-0.25, -0.2) is 0 Å². The van der Waals surface area contributed by atoms with Crippen LogP contribution in [0.4, 0.5) is 5.69 Å². The quantitative estimate of drug-likeness (QED) is 0.818. The Kier molecular flexibility index (Phi) is 5.59. The molecule has 0 aliphatic carbocycles. The second-order valence-corrected chi connectivity index (χ2v) is 7.47. The van der Waals surface area contributed by atoms with Crippen LogP contribution in [0.15, 0.2) is 41.2 Å². The molecule has 1 aromatic heterocycles. The van der Waals surface area contributed by atoms with Crippen molar-refractivity contribution in [3.63, 3.8) is 0 Å². The van der Waals surface area contributed by atoms with E-state index in [1.165, 1.54) is 31.2 Å². The fraction of sp³-hybridized carbons (Fsp3) is 0.476. The summed E-state index contributed by atoms with van der Waals surface area (Å²) >= 11 is 0. The van der Waals surface area contributed by atoms with Gasteiger partial charge in [-0.15, -0.1) is 0 Å². The van der Waals surface area contributed by atoms with Gasteiger partial charge in [-0.3, -0.25) is 4.79 Å². The second kappa shape index (κ2) is 7.87. The molecular weight excluding hydrogens is 312 g/mol. The van der Waals surface area contributed by atoms with Gasteiger partial charge in [-0.2, -0.15) is 0 Å². The van der Waals surface area contributed by atoms with E-state index in [0.717, 1.165) is 40.9 Å². The number of nitrogens with zero attached hydrogens (tertiary/aromatic N) is 1. The van der Waals surface area contributed by atoms with Crippen LogP contribution in [0.2, 0.25) is 0 Å². The molecule has 1 saturated heterocycles. The highest BCUT2D eigenvalue weighted by molar-refractivity contribution is 5.93. The number of para-hydroxylation sites is 1. The van der Waals surface area contributed by atoms with Crippen molar-refractivity contribution in [2.45, 2.75) is 46.1 Å². The molecule has 25 heavy (non-hydrogen) atoms. The molecule has 1 N–H and O–H groups in total. The number of quaternary nitrogens is 1. The number of likely N-dealkylation sites (tertiary alicyclic amines) is 1. The number of carbonyl (C=O) groups is 1. The predicted molar refractivity (Wildman–Crippen MR) is 100 cm³/mol. The summed E-state index contributed by atoms with van der Waals surface area (Å²) in [5, 5.41) is 3.17. The van der Waals surface area contributed by atoms with Crippen LogP contribution in [0.25, 0.3) is 0 Å². The first-order valence-corrected chi connectivity index (χ1v) is 9.30. The summed E-state index contributed by atoms with van der Waals surface area (Å²) in [5.74, 6) is 0.114. The Bertz CT molecular complexity index is 678. The van der Waals surface area contributed by atoms with Crippen LogP contribution < -0.4 is 5.32 Å². The smallest absolute Gasteiger partial charge is 0.279 e. The van der Waals surface area contributed by atoms with E-state index in [9.17, 15) is 4.79 Å². The molecule has 0 unspecified atom stereocenters. The van der Waals surface area contributed by atoms with Crippen molar-refractivity contribution in [1.82, 2.24) is 0 Å². The molecule has 2 heterocycles.